The molecule has 0 spiro atoms. The van der Waals surface area contributed by atoms with Crippen molar-refractivity contribution >= 4 is 29.2 Å². The molecule has 0 aromatic heterocycles. The first-order chi connectivity index (χ1) is 7.35. The van der Waals surface area contributed by atoms with Crippen LogP contribution < -0.4 is 5.73 Å². The summed E-state index contributed by atoms with van der Waals surface area (Å²) in [4.78, 5) is 0.912. The van der Waals surface area contributed by atoms with Gasteiger partial charge in [0.25, 0.3) is 0 Å². The van der Waals surface area contributed by atoms with Crippen molar-refractivity contribution in [2.45, 2.75) is 30.4 Å². The molecule has 0 aliphatic heterocycles. The lowest BCUT2D eigenvalue weighted by atomic mass is 10.2. The van der Waals surface area contributed by atoms with E-state index < -0.39 is 0 Å². The second-order valence-corrected chi connectivity index (χ2v) is 6.59. The number of amidine groups is 1. The van der Waals surface area contributed by atoms with Crippen LogP contribution in [0.1, 0.15) is 26.3 Å². The molecule has 0 saturated heterocycles. The van der Waals surface area contributed by atoms with Gasteiger partial charge in [-0.1, -0.05) is 43.6 Å². The van der Waals surface area contributed by atoms with Crippen molar-refractivity contribution in [3.63, 3.8) is 0 Å². The first kappa shape index (κ1) is 13.2. The summed E-state index contributed by atoms with van der Waals surface area (Å²) < 4.78 is 0.0369. The third-order valence-corrected chi connectivity index (χ3v) is 3.24. The molecule has 0 heterocycles. The van der Waals surface area contributed by atoms with Crippen molar-refractivity contribution < 1.29 is 5.21 Å². The van der Waals surface area contributed by atoms with Crippen LogP contribution in [0.4, 0.5) is 0 Å². The summed E-state index contributed by atoms with van der Waals surface area (Å²) >= 11 is 7.68. The molecule has 16 heavy (non-hydrogen) atoms. The minimum Gasteiger partial charge on any atom is -0.409 e. The highest BCUT2D eigenvalue weighted by atomic mass is 35.5. The van der Waals surface area contributed by atoms with Crippen LogP contribution in [-0.4, -0.2) is 15.8 Å². The lowest BCUT2D eigenvalue weighted by Crippen LogP contribution is -2.16. The Labute approximate surface area is 105 Å². The van der Waals surface area contributed by atoms with Crippen molar-refractivity contribution in [3.8, 4) is 0 Å². The third-order valence-electron chi connectivity index (χ3n) is 1.76. The van der Waals surface area contributed by atoms with Gasteiger partial charge < -0.3 is 10.9 Å². The monoisotopic (exact) mass is 258 g/mol. The van der Waals surface area contributed by atoms with Crippen LogP contribution in [0.25, 0.3) is 0 Å². The molecule has 3 nitrogen and oxygen atoms in total. The van der Waals surface area contributed by atoms with Crippen LogP contribution in [0.3, 0.4) is 0 Å². The minimum atomic E-state index is 0.0369. The molecule has 1 rings (SSSR count). The van der Waals surface area contributed by atoms with Crippen LogP contribution in [0.2, 0.25) is 5.02 Å². The summed E-state index contributed by atoms with van der Waals surface area (Å²) in [7, 11) is 0. The number of oxime groups is 1. The van der Waals surface area contributed by atoms with Crippen molar-refractivity contribution in [1.82, 2.24) is 0 Å². The molecule has 5 heteroatoms. The van der Waals surface area contributed by atoms with Crippen LogP contribution in [0.15, 0.2) is 28.3 Å². The number of nitrogens with zero attached hydrogens (tertiary/aromatic N) is 1. The Morgan fingerprint density at radius 1 is 1.44 bits per heavy atom. The van der Waals surface area contributed by atoms with E-state index in [2.05, 4.69) is 25.9 Å². The average molecular weight is 259 g/mol. The van der Waals surface area contributed by atoms with Gasteiger partial charge in [-0.3, -0.25) is 0 Å². The largest absolute Gasteiger partial charge is 0.409 e. The highest BCUT2D eigenvalue weighted by Gasteiger charge is 2.18. The van der Waals surface area contributed by atoms with Gasteiger partial charge in [-0.05, 0) is 12.1 Å². The van der Waals surface area contributed by atoms with E-state index in [9.17, 15) is 0 Å². The Bertz CT molecular complexity index is 413. The molecular formula is C11H15ClN2OS. The van der Waals surface area contributed by atoms with Gasteiger partial charge >= 0.3 is 0 Å². The second kappa shape index (κ2) is 4.97. The van der Waals surface area contributed by atoms with Gasteiger partial charge in [0.15, 0.2) is 5.84 Å². The Morgan fingerprint density at radius 3 is 2.56 bits per heavy atom. The SMILES string of the molecule is CC(C)(C)Sc1cccc(Cl)c1C(N)=NO. The van der Waals surface area contributed by atoms with Gasteiger partial charge in [-0.15, -0.1) is 11.8 Å². The predicted octanol–water partition coefficient (Wildman–Crippen LogP) is 3.33. The molecule has 0 atom stereocenters. The first-order valence-corrected chi connectivity index (χ1v) is 6.00. The summed E-state index contributed by atoms with van der Waals surface area (Å²) in [6.07, 6.45) is 0. The molecular weight excluding hydrogens is 244 g/mol. The van der Waals surface area contributed by atoms with E-state index in [-0.39, 0.29) is 10.6 Å². The number of rotatable bonds is 2. The van der Waals surface area contributed by atoms with Crippen LogP contribution in [-0.2, 0) is 0 Å². The standard InChI is InChI=1S/C11H15ClN2OS/c1-11(2,3)16-8-6-4-5-7(12)9(8)10(13)14-15/h4-6,15H,1-3H3,(H2,13,14). The molecule has 0 amide bonds. The fourth-order valence-corrected chi connectivity index (χ4v) is 2.67. The van der Waals surface area contributed by atoms with E-state index in [1.54, 1.807) is 17.8 Å². The van der Waals surface area contributed by atoms with Crippen molar-refractivity contribution in [2.24, 2.45) is 10.9 Å². The van der Waals surface area contributed by atoms with E-state index in [4.69, 9.17) is 22.5 Å². The Balaban J connectivity index is 3.24. The summed E-state index contributed by atoms with van der Waals surface area (Å²) in [5, 5.41) is 12.2. The molecule has 0 unspecified atom stereocenters. The lowest BCUT2D eigenvalue weighted by Gasteiger charge is -2.20. The van der Waals surface area contributed by atoms with E-state index in [0.29, 0.717) is 10.6 Å². The van der Waals surface area contributed by atoms with Crippen LogP contribution in [0.5, 0.6) is 0 Å². The van der Waals surface area contributed by atoms with Gasteiger partial charge in [0.2, 0.25) is 0 Å². The Hall–Kier alpha value is -0.870. The maximum Gasteiger partial charge on any atom is 0.172 e. The molecule has 1 aromatic rings. The van der Waals surface area contributed by atoms with Crippen molar-refractivity contribution in [2.75, 3.05) is 0 Å². The summed E-state index contributed by atoms with van der Waals surface area (Å²) in [6, 6.07) is 5.49. The zero-order valence-corrected chi connectivity index (χ0v) is 11.1. The van der Waals surface area contributed by atoms with Crippen molar-refractivity contribution in [1.29, 1.82) is 0 Å². The number of benzene rings is 1. The van der Waals surface area contributed by atoms with E-state index in [1.807, 2.05) is 12.1 Å². The zero-order chi connectivity index (χ0) is 12.3. The summed E-state index contributed by atoms with van der Waals surface area (Å²) in [5.41, 5.74) is 6.21. The van der Waals surface area contributed by atoms with Crippen molar-refractivity contribution in [3.05, 3.63) is 28.8 Å². The fraction of sp³-hybridized carbons (Fsp3) is 0.364. The third kappa shape index (κ3) is 3.32. The number of hydrogen-bond acceptors (Lipinski definition) is 3. The van der Waals surface area contributed by atoms with Gasteiger partial charge in [0, 0.05) is 9.64 Å². The molecule has 0 aliphatic carbocycles. The highest BCUT2D eigenvalue weighted by molar-refractivity contribution is 8.00. The molecule has 1 aromatic carbocycles. The Kier molecular flexibility index (Phi) is 4.10. The van der Waals surface area contributed by atoms with Gasteiger partial charge in [-0.25, -0.2) is 0 Å². The van der Waals surface area contributed by atoms with Gasteiger partial charge in [0.1, 0.15) is 0 Å². The molecule has 0 aliphatic rings. The van der Waals surface area contributed by atoms with Gasteiger partial charge in [-0.2, -0.15) is 0 Å². The van der Waals surface area contributed by atoms with E-state index in [0.717, 1.165) is 4.90 Å². The molecule has 0 radical (unpaired) electrons. The number of hydrogen-bond donors (Lipinski definition) is 2. The fourth-order valence-electron chi connectivity index (χ4n) is 1.22. The highest BCUT2D eigenvalue weighted by Crippen LogP contribution is 2.36. The number of halogens is 1. The number of thioether (sulfide) groups is 1. The second-order valence-electron chi connectivity index (χ2n) is 4.31. The quantitative estimate of drug-likeness (QED) is 0.281. The van der Waals surface area contributed by atoms with Crippen LogP contribution >= 0.6 is 23.4 Å². The smallest absolute Gasteiger partial charge is 0.172 e. The van der Waals surface area contributed by atoms with E-state index >= 15 is 0 Å². The molecule has 0 fully saturated rings. The predicted molar refractivity (Wildman–Crippen MR) is 69.6 cm³/mol. The molecule has 88 valence electrons. The molecule has 3 N–H and O–H groups in total. The topological polar surface area (TPSA) is 58.6 Å². The molecule has 0 bridgehead atoms. The maximum atomic E-state index is 8.73. The van der Waals surface area contributed by atoms with E-state index in [1.165, 1.54) is 0 Å². The first-order valence-electron chi connectivity index (χ1n) is 4.80. The average Bonchev–Trinajstić information content (AvgIpc) is 2.14. The van der Waals surface area contributed by atoms with Gasteiger partial charge in [0.05, 0.1) is 10.6 Å². The Morgan fingerprint density at radius 2 is 2.06 bits per heavy atom. The molecule has 0 saturated carbocycles. The zero-order valence-electron chi connectivity index (χ0n) is 9.49. The van der Waals surface area contributed by atoms with Crippen LogP contribution in [0, 0.1) is 0 Å². The number of nitrogens with two attached hydrogens (primary N) is 1. The summed E-state index contributed by atoms with van der Waals surface area (Å²) in [6.45, 7) is 6.28. The minimum absolute atomic E-state index is 0.0369. The normalized spacial score (nSPS) is 12.9. The maximum absolute atomic E-state index is 8.73. The summed E-state index contributed by atoms with van der Waals surface area (Å²) in [5.74, 6) is 0.0392. The lowest BCUT2D eigenvalue weighted by molar-refractivity contribution is 0.318.